The molecular weight excluding hydrogens is 577 g/mol. The van der Waals surface area contributed by atoms with Gasteiger partial charge in [-0.15, -0.1) is 0 Å². The first kappa shape index (κ1) is 34.3. The smallest absolute Gasteiger partial charge is 0.210 e. The first-order valence-electron chi connectivity index (χ1n) is 16.7. The molecule has 240 valence electrons. The lowest BCUT2D eigenvalue weighted by molar-refractivity contribution is -0.0750. The summed E-state index contributed by atoms with van der Waals surface area (Å²) in [5.74, 6) is 0. The molecule has 8 heteroatoms. The molecule has 0 aromatic heterocycles. The molecule has 0 unspecified atom stereocenters. The Balaban J connectivity index is 1.58. The molecule has 2 fully saturated rings. The van der Waals surface area contributed by atoms with Crippen molar-refractivity contribution in [3.8, 4) is 0 Å². The van der Waals surface area contributed by atoms with Crippen LogP contribution in [0.15, 0.2) is 59.5 Å². The number of epoxide rings is 1. The van der Waals surface area contributed by atoms with Gasteiger partial charge in [0.05, 0.1) is 30.3 Å². The van der Waals surface area contributed by atoms with Crippen LogP contribution >= 0.6 is 0 Å². The molecular formula is C35H54O6SSi. The molecule has 0 N–H and O–H groups in total. The number of unbranched alkanes of at least 4 members (excludes halogenated alkanes) is 3. The highest BCUT2D eigenvalue weighted by Crippen LogP contribution is 2.50. The Morgan fingerprint density at radius 1 is 0.907 bits per heavy atom. The van der Waals surface area contributed by atoms with E-state index in [0.29, 0.717) is 13.2 Å². The van der Waals surface area contributed by atoms with Gasteiger partial charge in [-0.3, -0.25) is 0 Å². The summed E-state index contributed by atoms with van der Waals surface area (Å²) >= 11 is 0. The molecule has 2 aromatic rings. The molecule has 4 atom stereocenters. The van der Waals surface area contributed by atoms with Crippen molar-refractivity contribution in [1.82, 2.24) is 0 Å². The van der Waals surface area contributed by atoms with E-state index in [1.165, 1.54) is 37.4 Å². The summed E-state index contributed by atoms with van der Waals surface area (Å²) in [5.41, 5.74) is 2.07. The fourth-order valence-corrected chi connectivity index (χ4v) is 13.4. The predicted octanol–water partition coefficient (Wildman–Crippen LogP) is 8.38. The van der Waals surface area contributed by atoms with E-state index >= 15 is 0 Å². The Morgan fingerprint density at radius 3 is 2.14 bits per heavy atom. The molecule has 0 spiro atoms. The second-order valence-electron chi connectivity index (χ2n) is 12.6. The average molecular weight is 631 g/mol. The third-order valence-electron chi connectivity index (χ3n) is 9.17. The molecule has 2 aliphatic heterocycles. The minimum atomic E-state index is -3.82. The van der Waals surface area contributed by atoms with Crippen molar-refractivity contribution in [1.29, 1.82) is 0 Å². The van der Waals surface area contributed by atoms with Gasteiger partial charge in [0, 0.05) is 13.0 Å². The molecule has 0 bridgehead atoms. The summed E-state index contributed by atoms with van der Waals surface area (Å²) in [6, 6.07) is 20.6. The first-order valence-corrected chi connectivity index (χ1v) is 20.7. The Bertz CT molecular complexity index is 1180. The van der Waals surface area contributed by atoms with Gasteiger partial charge in [0.2, 0.25) is 14.8 Å². The number of ether oxygens (including phenoxy) is 3. The quantitative estimate of drug-likeness (QED) is 0.115. The van der Waals surface area contributed by atoms with E-state index in [-0.39, 0.29) is 30.1 Å². The second-order valence-corrected chi connectivity index (χ2v) is 18.9. The summed E-state index contributed by atoms with van der Waals surface area (Å²) in [4.78, 5) is -1.10. The van der Waals surface area contributed by atoms with Gasteiger partial charge in [-0.05, 0) is 55.6 Å². The van der Waals surface area contributed by atoms with Crippen molar-refractivity contribution in [3.05, 3.63) is 65.7 Å². The lowest BCUT2D eigenvalue weighted by atomic mass is 10.0. The fraction of sp³-hybridized carbons (Fsp3) is 0.657. The summed E-state index contributed by atoms with van der Waals surface area (Å²) in [5, 5.41) is 0. The lowest BCUT2D eigenvalue weighted by Gasteiger charge is -2.41. The van der Waals surface area contributed by atoms with Crippen LogP contribution in [0.25, 0.3) is 0 Å². The van der Waals surface area contributed by atoms with Crippen LogP contribution in [0.1, 0.15) is 89.7 Å². The maximum Gasteiger partial charge on any atom is 0.210 e. The van der Waals surface area contributed by atoms with Gasteiger partial charge in [-0.2, -0.15) is 0 Å². The van der Waals surface area contributed by atoms with Crippen LogP contribution in [-0.2, 0) is 35.1 Å². The molecule has 43 heavy (non-hydrogen) atoms. The van der Waals surface area contributed by atoms with Crippen LogP contribution < -0.4 is 0 Å². The summed E-state index contributed by atoms with van der Waals surface area (Å²) < 4.78 is 54.6. The van der Waals surface area contributed by atoms with Crippen molar-refractivity contribution >= 4 is 18.2 Å². The predicted molar refractivity (Wildman–Crippen MR) is 175 cm³/mol. The van der Waals surface area contributed by atoms with Crippen LogP contribution in [0, 0.1) is 6.92 Å². The summed E-state index contributed by atoms with van der Waals surface area (Å²) in [6.45, 7) is 9.98. The van der Waals surface area contributed by atoms with E-state index < -0.39 is 29.2 Å². The minimum Gasteiger partial charge on any atom is -0.411 e. The van der Waals surface area contributed by atoms with Crippen LogP contribution in [0.5, 0.6) is 0 Å². The Labute approximate surface area is 261 Å². The standard InChI is InChI=1S/C35H54O6SSi/c1-5-8-23-43(24-9-6-2,25-10-7-3)41-32-17-14-22-39-33(32)26-35(42(36,37)31-20-18-29(4)19-21-31)34(40-35)28-38-27-30-15-12-11-13-16-30/h11-13,15-16,18-21,32-34H,5-10,14,17,22-28H2,1-4H3/t32-,33+,34+,35+/m0/s1. The maximum atomic E-state index is 14.3. The Kier molecular flexibility index (Phi) is 12.9. The van der Waals surface area contributed by atoms with E-state index in [2.05, 4.69) is 20.8 Å². The number of rotatable bonds is 19. The van der Waals surface area contributed by atoms with Crippen molar-refractivity contribution < 1.29 is 27.1 Å². The maximum absolute atomic E-state index is 14.3. The lowest BCUT2D eigenvalue weighted by Crippen LogP contribution is -2.49. The van der Waals surface area contributed by atoms with Gasteiger partial charge >= 0.3 is 0 Å². The molecule has 2 heterocycles. The van der Waals surface area contributed by atoms with E-state index in [1.54, 1.807) is 12.1 Å². The van der Waals surface area contributed by atoms with Crippen LogP contribution in [0.2, 0.25) is 18.1 Å². The molecule has 0 aliphatic carbocycles. The van der Waals surface area contributed by atoms with Crippen LogP contribution in [0.4, 0.5) is 0 Å². The molecule has 2 aliphatic rings. The normalized spacial score (nSPS) is 24.2. The molecule has 2 saturated heterocycles. The molecule has 2 aromatic carbocycles. The highest BCUT2D eigenvalue weighted by atomic mass is 32.2. The number of benzene rings is 2. The SMILES string of the molecule is CCCC[Si](CCCC)(CCCC)O[C@H]1CCCO[C@@H]1C[C@]1(S(=O)(=O)c2ccc(C)cc2)O[C@@H]1COCc1ccccc1. The number of hydrogen-bond donors (Lipinski definition) is 0. The fourth-order valence-electron chi connectivity index (χ4n) is 6.46. The van der Waals surface area contributed by atoms with E-state index in [4.69, 9.17) is 18.6 Å². The molecule has 4 rings (SSSR count). The number of sulfone groups is 1. The monoisotopic (exact) mass is 630 g/mol. The largest absolute Gasteiger partial charge is 0.411 e. The van der Waals surface area contributed by atoms with Crippen molar-refractivity contribution in [2.24, 2.45) is 0 Å². The summed E-state index contributed by atoms with van der Waals surface area (Å²) in [7, 11) is -5.85. The van der Waals surface area contributed by atoms with Gasteiger partial charge in [0.25, 0.3) is 0 Å². The van der Waals surface area contributed by atoms with Crippen molar-refractivity contribution in [3.63, 3.8) is 0 Å². The number of hydrogen-bond acceptors (Lipinski definition) is 6. The molecule has 0 radical (unpaired) electrons. The average Bonchev–Trinajstić information content (AvgIpc) is 3.73. The zero-order valence-electron chi connectivity index (χ0n) is 26.9. The van der Waals surface area contributed by atoms with Gasteiger partial charge < -0.3 is 18.6 Å². The topological polar surface area (TPSA) is 74.4 Å². The van der Waals surface area contributed by atoms with Gasteiger partial charge in [0.1, 0.15) is 6.10 Å². The third kappa shape index (κ3) is 8.80. The highest BCUT2D eigenvalue weighted by molar-refractivity contribution is 7.93. The van der Waals surface area contributed by atoms with Crippen molar-refractivity contribution in [2.45, 2.75) is 138 Å². The Hall–Kier alpha value is -1.55. The zero-order valence-corrected chi connectivity index (χ0v) is 28.7. The van der Waals surface area contributed by atoms with Crippen LogP contribution in [-0.4, -0.2) is 53.2 Å². The van der Waals surface area contributed by atoms with E-state index in [0.717, 1.165) is 43.2 Å². The first-order chi connectivity index (χ1) is 20.8. The van der Waals surface area contributed by atoms with Gasteiger partial charge in [-0.25, -0.2) is 8.42 Å². The van der Waals surface area contributed by atoms with E-state index in [9.17, 15) is 8.42 Å². The zero-order chi connectivity index (χ0) is 30.8. The van der Waals surface area contributed by atoms with E-state index in [1.807, 2.05) is 49.4 Å². The van der Waals surface area contributed by atoms with Gasteiger partial charge in [0.15, 0.2) is 8.32 Å². The van der Waals surface area contributed by atoms with Crippen LogP contribution in [0.3, 0.4) is 0 Å². The van der Waals surface area contributed by atoms with Gasteiger partial charge in [-0.1, -0.05) is 107 Å². The highest BCUT2D eigenvalue weighted by Gasteiger charge is 2.68. The summed E-state index contributed by atoms with van der Waals surface area (Å²) in [6.07, 6.45) is 8.16. The number of aryl methyl sites for hydroxylation is 1. The van der Waals surface area contributed by atoms with Crippen molar-refractivity contribution in [2.75, 3.05) is 13.2 Å². The minimum absolute atomic E-state index is 0.105. The molecule has 6 nitrogen and oxygen atoms in total. The second kappa shape index (κ2) is 16.1. The Morgan fingerprint density at radius 2 is 1.53 bits per heavy atom. The molecule has 0 saturated carbocycles. The molecule has 0 amide bonds. The third-order valence-corrected chi connectivity index (χ3v) is 16.1.